The Balaban J connectivity index is 2.56. The number of aryl methyl sites for hydroxylation is 2. The minimum absolute atomic E-state index is 0.764. The molecule has 0 saturated carbocycles. The van der Waals surface area contributed by atoms with Crippen LogP contribution in [-0.2, 0) is 25.5 Å². The lowest BCUT2D eigenvalue weighted by molar-refractivity contribution is 0.0686. The summed E-state index contributed by atoms with van der Waals surface area (Å²) in [6.07, 6.45) is 3.32. The molecule has 3 heteroatoms. The largest absolute Gasteiger partial charge is 0.384 e. The van der Waals surface area contributed by atoms with Crippen molar-refractivity contribution in [2.45, 2.75) is 38.7 Å². The molecule has 0 bridgehead atoms. The molecular formula is C10H16N2O. The third kappa shape index (κ3) is 1.27. The highest BCUT2D eigenvalue weighted by Gasteiger charge is 2.29. The molecule has 72 valence electrons. The van der Waals surface area contributed by atoms with Gasteiger partial charge in [0, 0.05) is 7.05 Å². The molecule has 1 aliphatic rings. The Hall–Kier alpha value is -0.830. The number of fused-ring (bicyclic) bond motifs is 1. The Labute approximate surface area is 78.4 Å². The van der Waals surface area contributed by atoms with Crippen LogP contribution in [0.3, 0.4) is 0 Å². The number of nitrogens with zero attached hydrogens (tertiary/aromatic N) is 2. The second kappa shape index (κ2) is 2.58. The zero-order valence-electron chi connectivity index (χ0n) is 8.46. The first-order valence-electron chi connectivity index (χ1n) is 4.78. The minimum Gasteiger partial charge on any atom is -0.384 e. The molecule has 0 aromatic carbocycles. The molecule has 1 heterocycles. The summed E-state index contributed by atoms with van der Waals surface area (Å²) in [6.45, 7) is 3.64. The van der Waals surface area contributed by atoms with Gasteiger partial charge in [0.25, 0.3) is 0 Å². The molecule has 2 rings (SSSR count). The minimum atomic E-state index is -0.764. The van der Waals surface area contributed by atoms with Gasteiger partial charge in [0.05, 0.1) is 11.4 Å². The molecule has 0 amide bonds. The summed E-state index contributed by atoms with van der Waals surface area (Å²) in [7, 11) is 1.91. The number of aliphatic hydroxyl groups is 1. The quantitative estimate of drug-likeness (QED) is 0.703. The monoisotopic (exact) mass is 180 g/mol. The normalized spacial score (nSPS) is 16.3. The SMILES string of the molecule is Cn1nc2c(c1C(C)(C)O)CCC2. The lowest BCUT2D eigenvalue weighted by Gasteiger charge is -2.19. The fraction of sp³-hybridized carbons (Fsp3) is 0.700. The molecule has 1 aliphatic carbocycles. The summed E-state index contributed by atoms with van der Waals surface area (Å²) in [4.78, 5) is 0. The van der Waals surface area contributed by atoms with Crippen LogP contribution in [0.4, 0.5) is 0 Å². The smallest absolute Gasteiger partial charge is 0.101 e. The van der Waals surface area contributed by atoms with E-state index in [0.717, 1.165) is 18.5 Å². The Bertz CT molecular complexity index is 333. The molecule has 0 unspecified atom stereocenters. The summed E-state index contributed by atoms with van der Waals surface area (Å²) < 4.78 is 1.82. The maximum Gasteiger partial charge on any atom is 0.101 e. The van der Waals surface area contributed by atoms with Crippen molar-refractivity contribution in [2.75, 3.05) is 0 Å². The van der Waals surface area contributed by atoms with E-state index in [-0.39, 0.29) is 0 Å². The average Bonchev–Trinajstić information content (AvgIpc) is 2.41. The van der Waals surface area contributed by atoms with Crippen LogP contribution in [0, 0.1) is 0 Å². The summed E-state index contributed by atoms with van der Waals surface area (Å²) in [6, 6.07) is 0. The molecule has 0 spiro atoms. The van der Waals surface area contributed by atoms with Gasteiger partial charge in [-0.2, -0.15) is 5.10 Å². The van der Waals surface area contributed by atoms with Crippen LogP contribution >= 0.6 is 0 Å². The molecule has 1 aromatic rings. The number of rotatable bonds is 1. The van der Waals surface area contributed by atoms with E-state index in [4.69, 9.17) is 0 Å². The Morgan fingerprint density at radius 2 is 2.08 bits per heavy atom. The fourth-order valence-electron chi connectivity index (χ4n) is 2.28. The summed E-state index contributed by atoms with van der Waals surface area (Å²) >= 11 is 0. The zero-order valence-corrected chi connectivity index (χ0v) is 8.46. The molecule has 1 N–H and O–H groups in total. The molecule has 0 fully saturated rings. The molecular weight excluding hydrogens is 164 g/mol. The van der Waals surface area contributed by atoms with Crippen molar-refractivity contribution in [2.24, 2.45) is 7.05 Å². The third-order valence-corrected chi connectivity index (χ3v) is 2.65. The first kappa shape index (κ1) is 8.75. The van der Waals surface area contributed by atoms with Crippen molar-refractivity contribution in [3.63, 3.8) is 0 Å². The van der Waals surface area contributed by atoms with E-state index in [1.165, 1.54) is 17.7 Å². The Kier molecular flexibility index (Phi) is 1.74. The fourth-order valence-corrected chi connectivity index (χ4v) is 2.28. The van der Waals surface area contributed by atoms with Crippen molar-refractivity contribution in [3.05, 3.63) is 17.0 Å². The lowest BCUT2D eigenvalue weighted by atomic mass is 10.00. The van der Waals surface area contributed by atoms with E-state index in [9.17, 15) is 5.11 Å². The van der Waals surface area contributed by atoms with Gasteiger partial charge in [0.2, 0.25) is 0 Å². The highest BCUT2D eigenvalue weighted by atomic mass is 16.3. The first-order chi connectivity index (χ1) is 6.00. The molecule has 0 saturated heterocycles. The molecule has 0 aliphatic heterocycles. The number of aromatic nitrogens is 2. The van der Waals surface area contributed by atoms with Crippen LogP contribution in [0.25, 0.3) is 0 Å². The van der Waals surface area contributed by atoms with Gasteiger partial charge in [0.1, 0.15) is 5.60 Å². The maximum atomic E-state index is 9.96. The summed E-state index contributed by atoms with van der Waals surface area (Å²) in [5.41, 5.74) is 2.68. The van der Waals surface area contributed by atoms with Crippen LogP contribution in [0.15, 0.2) is 0 Å². The van der Waals surface area contributed by atoms with Crippen molar-refractivity contribution in [3.8, 4) is 0 Å². The predicted molar refractivity (Wildman–Crippen MR) is 50.5 cm³/mol. The van der Waals surface area contributed by atoms with Gasteiger partial charge in [-0.15, -0.1) is 0 Å². The van der Waals surface area contributed by atoms with Gasteiger partial charge in [-0.25, -0.2) is 0 Å². The standard InChI is InChI=1S/C10H16N2O/c1-10(2,13)9-7-5-4-6-8(7)11-12(9)3/h13H,4-6H2,1-3H3. The zero-order chi connectivity index (χ0) is 9.64. The lowest BCUT2D eigenvalue weighted by Crippen LogP contribution is -2.21. The first-order valence-corrected chi connectivity index (χ1v) is 4.78. The Morgan fingerprint density at radius 1 is 1.38 bits per heavy atom. The predicted octanol–water partition coefficient (Wildman–Crippen LogP) is 1.14. The average molecular weight is 180 g/mol. The van der Waals surface area contributed by atoms with Gasteiger partial charge in [0.15, 0.2) is 0 Å². The molecule has 0 atom stereocenters. The van der Waals surface area contributed by atoms with E-state index < -0.39 is 5.60 Å². The highest BCUT2D eigenvalue weighted by Crippen LogP contribution is 2.31. The van der Waals surface area contributed by atoms with Crippen molar-refractivity contribution in [1.82, 2.24) is 9.78 Å². The molecule has 0 radical (unpaired) electrons. The van der Waals surface area contributed by atoms with Crippen LogP contribution in [-0.4, -0.2) is 14.9 Å². The van der Waals surface area contributed by atoms with Crippen LogP contribution in [0.5, 0.6) is 0 Å². The third-order valence-electron chi connectivity index (χ3n) is 2.65. The van der Waals surface area contributed by atoms with Crippen molar-refractivity contribution >= 4 is 0 Å². The molecule has 13 heavy (non-hydrogen) atoms. The van der Waals surface area contributed by atoms with E-state index in [0.29, 0.717) is 0 Å². The van der Waals surface area contributed by atoms with Crippen LogP contribution in [0.1, 0.15) is 37.2 Å². The molecule has 1 aromatic heterocycles. The van der Waals surface area contributed by atoms with Gasteiger partial charge < -0.3 is 5.11 Å². The van der Waals surface area contributed by atoms with Gasteiger partial charge in [-0.3, -0.25) is 4.68 Å². The van der Waals surface area contributed by atoms with Crippen molar-refractivity contribution in [1.29, 1.82) is 0 Å². The number of hydrogen-bond acceptors (Lipinski definition) is 2. The van der Waals surface area contributed by atoms with Gasteiger partial charge in [-0.1, -0.05) is 0 Å². The van der Waals surface area contributed by atoms with Crippen LogP contribution < -0.4 is 0 Å². The van der Waals surface area contributed by atoms with E-state index >= 15 is 0 Å². The number of hydrogen-bond donors (Lipinski definition) is 1. The van der Waals surface area contributed by atoms with E-state index in [1.54, 1.807) is 0 Å². The van der Waals surface area contributed by atoms with Gasteiger partial charge in [-0.05, 0) is 38.7 Å². The topological polar surface area (TPSA) is 38.0 Å². The van der Waals surface area contributed by atoms with Gasteiger partial charge >= 0.3 is 0 Å². The van der Waals surface area contributed by atoms with Crippen LogP contribution in [0.2, 0.25) is 0 Å². The van der Waals surface area contributed by atoms with Crippen molar-refractivity contribution < 1.29 is 5.11 Å². The Morgan fingerprint density at radius 3 is 2.69 bits per heavy atom. The highest BCUT2D eigenvalue weighted by molar-refractivity contribution is 5.33. The molecule has 3 nitrogen and oxygen atoms in total. The second-order valence-corrected chi connectivity index (χ2v) is 4.31. The summed E-state index contributed by atoms with van der Waals surface area (Å²) in [5.74, 6) is 0. The second-order valence-electron chi connectivity index (χ2n) is 4.31. The summed E-state index contributed by atoms with van der Waals surface area (Å²) in [5, 5.41) is 14.4. The van der Waals surface area contributed by atoms with E-state index in [2.05, 4.69) is 5.10 Å². The van der Waals surface area contributed by atoms with E-state index in [1.807, 2.05) is 25.6 Å². The maximum absolute atomic E-state index is 9.96.